The van der Waals surface area contributed by atoms with E-state index in [2.05, 4.69) is 13.2 Å². The van der Waals surface area contributed by atoms with Crippen LogP contribution in [-0.2, 0) is 0 Å². The third kappa shape index (κ3) is 3.19. The Morgan fingerprint density at radius 1 is 0.594 bits per heavy atom. The number of hydrogen-bond acceptors (Lipinski definition) is 2. The molecule has 32 heavy (non-hydrogen) atoms. The van der Waals surface area contributed by atoms with Gasteiger partial charge in [0, 0.05) is 21.5 Å². The van der Waals surface area contributed by atoms with Crippen molar-refractivity contribution in [2.45, 2.75) is 13.8 Å². The predicted molar refractivity (Wildman–Crippen MR) is 120 cm³/mol. The van der Waals surface area contributed by atoms with Gasteiger partial charge in [0.15, 0.2) is 34.8 Å². The zero-order chi connectivity index (χ0) is 23.2. The lowest BCUT2D eigenvalue weighted by Gasteiger charge is -2.04. The standard InChI is InChI=1S/C24H12F4O2.C2H6/c1-3-11-5-13-8-19(29-17(13)7-12(11)4-2)20-9-14-6-15-16(10-18(14)30-20)22(26)24(28)23(27)21(15)25;1-2/h3-10H,1-2H2;1-2H3. The van der Waals surface area contributed by atoms with Crippen molar-refractivity contribution in [2.24, 2.45) is 0 Å². The average molecular weight is 438 g/mol. The second kappa shape index (κ2) is 8.04. The summed E-state index contributed by atoms with van der Waals surface area (Å²) in [4.78, 5) is 0. The largest absolute Gasteiger partial charge is 0.453 e. The van der Waals surface area contributed by atoms with E-state index in [1.807, 2.05) is 26.0 Å². The fourth-order valence-corrected chi connectivity index (χ4v) is 3.60. The molecule has 0 saturated carbocycles. The molecule has 0 bridgehead atoms. The van der Waals surface area contributed by atoms with Crippen LogP contribution in [0.5, 0.6) is 0 Å². The van der Waals surface area contributed by atoms with E-state index < -0.39 is 28.7 Å². The highest BCUT2D eigenvalue weighted by atomic mass is 19.2. The molecule has 0 N–H and O–H groups in total. The lowest BCUT2D eigenvalue weighted by molar-refractivity contribution is 0.418. The van der Waals surface area contributed by atoms with Crippen molar-refractivity contribution in [1.82, 2.24) is 0 Å². The molecule has 5 rings (SSSR count). The van der Waals surface area contributed by atoms with Crippen molar-refractivity contribution in [3.05, 3.63) is 84.0 Å². The summed E-state index contributed by atoms with van der Waals surface area (Å²) in [7, 11) is 0. The molecule has 0 unspecified atom stereocenters. The molecule has 0 aliphatic carbocycles. The molecule has 162 valence electrons. The molecule has 3 aromatic carbocycles. The van der Waals surface area contributed by atoms with Gasteiger partial charge in [-0.05, 0) is 47.5 Å². The van der Waals surface area contributed by atoms with E-state index in [9.17, 15) is 17.6 Å². The summed E-state index contributed by atoms with van der Waals surface area (Å²) in [5.41, 5.74) is 2.51. The van der Waals surface area contributed by atoms with Crippen molar-refractivity contribution < 1.29 is 26.4 Å². The minimum Gasteiger partial charge on any atom is -0.453 e. The van der Waals surface area contributed by atoms with Gasteiger partial charge in [0.1, 0.15) is 11.2 Å². The number of rotatable bonds is 3. The Kier molecular flexibility index (Phi) is 5.38. The summed E-state index contributed by atoms with van der Waals surface area (Å²) in [5.74, 6) is -5.94. The minimum atomic E-state index is -1.86. The van der Waals surface area contributed by atoms with Crippen molar-refractivity contribution in [3.8, 4) is 11.5 Å². The monoisotopic (exact) mass is 438 g/mol. The van der Waals surface area contributed by atoms with E-state index in [-0.39, 0.29) is 11.0 Å². The highest BCUT2D eigenvalue weighted by Crippen LogP contribution is 2.37. The quantitative estimate of drug-likeness (QED) is 0.160. The first kappa shape index (κ1) is 21.4. The van der Waals surface area contributed by atoms with Gasteiger partial charge in [-0.25, -0.2) is 17.6 Å². The molecule has 0 radical (unpaired) electrons. The Labute approximate surface area is 181 Å². The van der Waals surface area contributed by atoms with Crippen LogP contribution in [0, 0.1) is 23.3 Å². The summed E-state index contributed by atoms with van der Waals surface area (Å²) in [6.07, 6.45) is 3.39. The van der Waals surface area contributed by atoms with E-state index in [0.717, 1.165) is 22.6 Å². The molecule has 5 aromatic rings. The molecule has 0 aliphatic heterocycles. The van der Waals surface area contributed by atoms with Crippen molar-refractivity contribution >= 4 is 44.9 Å². The average Bonchev–Trinajstić information content (AvgIpc) is 3.43. The molecule has 2 heterocycles. The lowest BCUT2D eigenvalue weighted by Crippen LogP contribution is -1.97. The van der Waals surface area contributed by atoms with Crippen LogP contribution >= 0.6 is 0 Å². The van der Waals surface area contributed by atoms with E-state index in [1.54, 1.807) is 24.3 Å². The summed E-state index contributed by atoms with van der Waals surface area (Å²) in [5, 5.41) is 0.413. The van der Waals surface area contributed by atoms with Crippen LogP contribution in [-0.4, -0.2) is 0 Å². The van der Waals surface area contributed by atoms with Gasteiger partial charge in [-0.1, -0.05) is 39.2 Å². The Balaban J connectivity index is 0.00000119. The van der Waals surface area contributed by atoms with Crippen LogP contribution in [0.4, 0.5) is 17.6 Å². The number of fused-ring (bicyclic) bond motifs is 3. The van der Waals surface area contributed by atoms with Gasteiger partial charge in [-0.3, -0.25) is 0 Å². The Hall–Kier alpha value is -3.80. The first-order chi connectivity index (χ1) is 15.4. The maximum absolute atomic E-state index is 14.1. The smallest absolute Gasteiger partial charge is 0.198 e. The van der Waals surface area contributed by atoms with Gasteiger partial charge < -0.3 is 8.83 Å². The number of halogens is 4. The maximum atomic E-state index is 14.1. The third-order valence-electron chi connectivity index (χ3n) is 5.11. The van der Waals surface area contributed by atoms with Crippen LogP contribution in [0.1, 0.15) is 25.0 Å². The van der Waals surface area contributed by atoms with Crippen molar-refractivity contribution in [2.75, 3.05) is 0 Å². The lowest BCUT2D eigenvalue weighted by atomic mass is 10.1. The predicted octanol–water partition coefficient (Wildman–Crippen LogP) is 8.87. The zero-order valence-electron chi connectivity index (χ0n) is 17.4. The SMILES string of the molecule is C=Cc1cc2cc(-c3cc4cc5c(F)c(F)c(F)c(F)c5cc4o3)oc2cc1C=C.CC. The second-order valence-electron chi connectivity index (χ2n) is 6.84. The Bertz CT molecular complexity index is 1410. The van der Waals surface area contributed by atoms with Gasteiger partial charge in [0.05, 0.1) is 0 Å². The van der Waals surface area contributed by atoms with E-state index in [1.165, 1.54) is 6.07 Å². The van der Waals surface area contributed by atoms with E-state index in [0.29, 0.717) is 22.5 Å². The molecule has 0 amide bonds. The number of benzene rings is 3. The normalized spacial score (nSPS) is 11.1. The van der Waals surface area contributed by atoms with E-state index >= 15 is 0 Å². The van der Waals surface area contributed by atoms with E-state index in [4.69, 9.17) is 8.83 Å². The van der Waals surface area contributed by atoms with Gasteiger partial charge in [0.25, 0.3) is 0 Å². The van der Waals surface area contributed by atoms with Crippen LogP contribution in [0.2, 0.25) is 0 Å². The summed E-state index contributed by atoms with van der Waals surface area (Å²) in [6, 6.07) is 9.38. The fourth-order valence-electron chi connectivity index (χ4n) is 3.60. The topological polar surface area (TPSA) is 26.3 Å². The van der Waals surface area contributed by atoms with Gasteiger partial charge >= 0.3 is 0 Å². The molecular formula is C26H18F4O2. The van der Waals surface area contributed by atoms with Crippen LogP contribution in [0.3, 0.4) is 0 Å². The van der Waals surface area contributed by atoms with Crippen LogP contribution in [0.25, 0.3) is 56.4 Å². The molecule has 0 fully saturated rings. The van der Waals surface area contributed by atoms with Gasteiger partial charge in [-0.2, -0.15) is 0 Å². The highest BCUT2D eigenvalue weighted by Gasteiger charge is 2.22. The molecule has 2 aromatic heterocycles. The summed E-state index contributed by atoms with van der Waals surface area (Å²) in [6.45, 7) is 11.6. The number of hydrogen-bond donors (Lipinski definition) is 0. The molecule has 0 saturated heterocycles. The Morgan fingerprint density at radius 3 is 1.56 bits per heavy atom. The second-order valence-corrected chi connectivity index (χ2v) is 6.84. The van der Waals surface area contributed by atoms with Crippen LogP contribution < -0.4 is 0 Å². The molecule has 0 atom stereocenters. The maximum Gasteiger partial charge on any atom is 0.198 e. The molecule has 0 spiro atoms. The first-order valence-electron chi connectivity index (χ1n) is 9.93. The summed E-state index contributed by atoms with van der Waals surface area (Å²) < 4.78 is 67.0. The van der Waals surface area contributed by atoms with Gasteiger partial charge in [0.2, 0.25) is 0 Å². The fraction of sp³-hybridized carbons (Fsp3) is 0.0769. The zero-order valence-corrected chi connectivity index (χ0v) is 17.4. The highest BCUT2D eigenvalue weighted by molar-refractivity contribution is 5.98. The molecule has 0 aliphatic rings. The Morgan fingerprint density at radius 2 is 1.03 bits per heavy atom. The third-order valence-corrected chi connectivity index (χ3v) is 5.11. The minimum absolute atomic E-state index is 0.181. The molecule has 6 heteroatoms. The van der Waals surface area contributed by atoms with Crippen molar-refractivity contribution in [1.29, 1.82) is 0 Å². The van der Waals surface area contributed by atoms with Crippen LogP contribution in [0.15, 0.2) is 58.4 Å². The molecular weight excluding hydrogens is 420 g/mol. The van der Waals surface area contributed by atoms with Crippen molar-refractivity contribution in [3.63, 3.8) is 0 Å². The number of furan rings is 2. The van der Waals surface area contributed by atoms with Gasteiger partial charge in [-0.15, -0.1) is 0 Å². The first-order valence-corrected chi connectivity index (χ1v) is 9.93. The summed E-state index contributed by atoms with van der Waals surface area (Å²) >= 11 is 0. The molecule has 2 nitrogen and oxygen atoms in total.